The molecule has 0 amide bonds. The van der Waals surface area contributed by atoms with Gasteiger partial charge in [0, 0.05) is 0 Å². The number of nitrogens with zero attached hydrogens (tertiary/aromatic N) is 1. The zero-order chi connectivity index (χ0) is 13.9. The van der Waals surface area contributed by atoms with Gasteiger partial charge in [-0.25, -0.2) is 4.79 Å². The van der Waals surface area contributed by atoms with Crippen molar-refractivity contribution in [3.63, 3.8) is 0 Å². The Kier molecular flexibility index (Phi) is 4.31. The normalized spacial score (nSPS) is 11.7. The van der Waals surface area contributed by atoms with Crippen LogP contribution in [0.1, 0.15) is 21.5 Å². The van der Waals surface area contributed by atoms with Crippen molar-refractivity contribution in [2.24, 2.45) is 0 Å². The second kappa shape index (κ2) is 5.36. The maximum absolute atomic E-state index is 12.8. The topological polar surface area (TPSA) is 38.8 Å². The first-order valence-electron chi connectivity index (χ1n) is 4.93. The van der Waals surface area contributed by atoms with Gasteiger partial charge in [-0.05, 0) is 24.3 Å². The number of benzene rings is 1. The highest BCUT2D eigenvalue weighted by Crippen LogP contribution is 2.33. The number of carbonyl (C=O) groups is 1. The smallest absolute Gasteiger partial charge is 0.338 e. The van der Waals surface area contributed by atoms with Crippen molar-refractivity contribution in [1.29, 1.82) is 0 Å². The number of hydroxylamine groups is 2. The van der Waals surface area contributed by atoms with E-state index >= 15 is 0 Å². The molecule has 0 unspecified atom stereocenters. The lowest BCUT2D eigenvalue weighted by atomic mass is 10.0. The van der Waals surface area contributed by atoms with E-state index in [1.54, 1.807) is 0 Å². The van der Waals surface area contributed by atoms with Crippen LogP contribution in [0.4, 0.5) is 13.2 Å². The molecule has 0 spiro atoms. The Labute approximate surface area is 102 Å². The van der Waals surface area contributed by atoms with Gasteiger partial charge < -0.3 is 4.84 Å². The van der Waals surface area contributed by atoms with Gasteiger partial charge in [0.2, 0.25) is 0 Å². The first kappa shape index (κ1) is 14.5. The van der Waals surface area contributed by atoms with Crippen molar-refractivity contribution in [3.05, 3.63) is 34.9 Å². The number of rotatable bonds is 3. The average molecular weight is 263 g/mol. The van der Waals surface area contributed by atoms with Crippen LogP contribution in [0.25, 0.3) is 0 Å². The molecule has 100 valence electrons. The number of alkyl halides is 3. The standard InChI is InChI=1S/C11H12F3NO3/c1-7-4-5-8(9(6-7)11(12,13)14)10(16)18-15(2)17-3/h4-6H,1-3H3. The van der Waals surface area contributed by atoms with Crippen LogP contribution in [0.2, 0.25) is 0 Å². The van der Waals surface area contributed by atoms with Crippen LogP contribution in [0.3, 0.4) is 0 Å². The molecular weight excluding hydrogens is 251 g/mol. The maximum Gasteiger partial charge on any atom is 0.417 e. The summed E-state index contributed by atoms with van der Waals surface area (Å²) >= 11 is 0. The molecule has 1 rings (SSSR count). The molecule has 0 radical (unpaired) electrons. The fraction of sp³-hybridized carbons (Fsp3) is 0.364. The quantitative estimate of drug-likeness (QED) is 0.786. The molecule has 0 fully saturated rings. The molecule has 0 aliphatic rings. The SMILES string of the molecule is CON(C)OC(=O)c1ccc(C)cc1C(F)(F)F. The first-order valence-corrected chi connectivity index (χ1v) is 4.93. The molecule has 0 saturated carbocycles. The third kappa shape index (κ3) is 3.44. The summed E-state index contributed by atoms with van der Waals surface area (Å²) in [5, 5.41) is 0.669. The monoisotopic (exact) mass is 263 g/mol. The highest BCUT2D eigenvalue weighted by Gasteiger charge is 2.36. The Bertz CT molecular complexity index is 446. The highest BCUT2D eigenvalue weighted by atomic mass is 19.4. The number of carbonyl (C=O) groups excluding carboxylic acids is 1. The van der Waals surface area contributed by atoms with E-state index in [1.807, 2.05) is 0 Å². The Morgan fingerprint density at radius 3 is 2.44 bits per heavy atom. The van der Waals surface area contributed by atoms with Crippen molar-refractivity contribution in [3.8, 4) is 0 Å². The Morgan fingerprint density at radius 1 is 1.33 bits per heavy atom. The molecule has 0 heterocycles. The zero-order valence-corrected chi connectivity index (χ0v) is 10.0. The summed E-state index contributed by atoms with van der Waals surface area (Å²) in [4.78, 5) is 20.6. The summed E-state index contributed by atoms with van der Waals surface area (Å²) in [6.45, 7) is 1.51. The van der Waals surface area contributed by atoms with E-state index in [2.05, 4.69) is 9.68 Å². The first-order chi connectivity index (χ1) is 8.25. The van der Waals surface area contributed by atoms with Crippen LogP contribution >= 0.6 is 0 Å². The number of aryl methyl sites for hydroxylation is 1. The lowest BCUT2D eigenvalue weighted by Gasteiger charge is -2.16. The average Bonchev–Trinajstić information content (AvgIpc) is 2.27. The van der Waals surface area contributed by atoms with Crippen LogP contribution in [0.15, 0.2) is 18.2 Å². The fourth-order valence-electron chi connectivity index (χ4n) is 1.27. The lowest BCUT2D eigenvalue weighted by molar-refractivity contribution is -0.303. The van der Waals surface area contributed by atoms with Crippen LogP contribution in [-0.4, -0.2) is 25.4 Å². The molecular formula is C11H12F3NO3. The van der Waals surface area contributed by atoms with E-state index in [-0.39, 0.29) is 0 Å². The summed E-state index contributed by atoms with van der Waals surface area (Å²) in [5.74, 6) is -1.13. The minimum atomic E-state index is -4.62. The highest BCUT2D eigenvalue weighted by molar-refractivity contribution is 5.91. The largest absolute Gasteiger partial charge is 0.417 e. The molecule has 0 N–H and O–H groups in total. The fourth-order valence-corrected chi connectivity index (χ4v) is 1.27. The van der Waals surface area contributed by atoms with Gasteiger partial charge in [0.25, 0.3) is 0 Å². The van der Waals surface area contributed by atoms with Gasteiger partial charge in [0.1, 0.15) is 0 Å². The minimum Gasteiger partial charge on any atom is -0.338 e. The molecule has 18 heavy (non-hydrogen) atoms. The van der Waals surface area contributed by atoms with Gasteiger partial charge in [-0.1, -0.05) is 11.6 Å². The van der Waals surface area contributed by atoms with Gasteiger partial charge in [-0.15, -0.1) is 0 Å². The number of halogens is 3. The van der Waals surface area contributed by atoms with Crippen LogP contribution in [-0.2, 0) is 15.9 Å². The van der Waals surface area contributed by atoms with E-state index in [4.69, 9.17) is 0 Å². The van der Waals surface area contributed by atoms with Crippen LogP contribution < -0.4 is 0 Å². The molecule has 0 aliphatic carbocycles. The Morgan fingerprint density at radius 2 is 1.94 bits per heavy atom. The third-order valence-corrected chi connectivity index (χ3v) is 2.17. The predicted molar refractivity (Wildman–Crippen MR) is 56.4 cm³/mol. The third-order valence-electron chi connectivity index (χ3n) is 2.17. The minimum absolute atomic E-state index is 0.402. The van der Waals surface area contributed by atoms with Gasteiger partial charge in [-0.3, -0.25) is 4.84 Å². The van der Waals surface area contributed by atoms with Crippen molar-refractivity contribution in [2.75, 3.05) is 14.2 Å². The van der Waals surface area contributed by atoms with E-state index in [0.29, 0.717) is 10.8 Å². The van der Waals surface area contributed by atoms with Gasteiger partial charge >= 0.3 is 12.1 Å². The molecule has 1 aromatic carbocycles. The summed E-state index contributed by atoms with van der Waals surface area (Å²) < 4.78 is 38.3. The Hall–Kier alpha value is -1.60. The van der Waals surface area contributed by atoms with Gasteiger partial charge in [-0.2, -0.15) is 13.2 Å². The second-order valence-corrected chi connectivity index (χ2v) is 3.55. The lowest BCUT2D eigenvalue weighted by Crippen LogP contribution is -2.24. The molecule has 0 bridgehead atoms. The molecule has 7 heteroatoms. The van der Waals surface area contributed by atoms with Crippen LogP contribution in [0, 0.1) is 6.92 Å². The van der Waals surface area contributed by atoms with E-state index in [1.165, 1.54) is 27.1 Å². The van der Waals surface area contributed by atoms with E-state index < -0.39 is 23.3 Å². The molecule has 0 atom stereocenters. The van der Waals surface area contributed by atoms with Crippen molar-refractivity contribution in [1.82, 2.24) is 5.23 Å². The molecule has 4 nitrogen and oxygen atoms in total. The summed E-state index contributed by atoms with van der Waals surface area (Å²) in [6, 6.07) is 3.37. The summed E-state index contributed by atoms with van der Waals surface area (Å²) in [7, 11) is 2.46. The van der Waals surface area contributed by atoms with Crippen molar-refractivity contribution in [2.45, 2.75) is 13.1 Å². The van der Waals surface area contributed by atoms with Crippen molar-refractivity contribution < 1.29 is 27.6 Å². The van der Waals surface area contributed by atoms with Crippen LogP contribution in [0.5, 0.6) is 0 Å². The van der Waals surface area contributed by atoms with E-state index in [0.717, 1.165) is 12.1 Å². The molecule has 0 aromatic heterocycles. The number of hydrogen-bond acceptors (Lipinski definition) is 4. The van der Waals surface area contributed by atoms with Gasteiger partial charge in [0.05, 0.1) is 25.3 Å². The Balaban J connectivity index is 3.12. The molecule has 0 aliphatic heterocycles. The number of hydrogen-bond donors (Lipinski definition) is 0. The van der Waals surface area contributed by atoms with Crippen molar-refractivity contribution >= 4 is 5.97 Å². The molecule has 0 saturated heterocycles. The summed E-state index contributed by atoms with van der Waals surface area (Å²) in [5.41, 5.74) is -1.19. The molecule has 1 aromatic rings. The van der Waals surface area contributed by atoms with E-state index in [9.17, 15) is 18.0 Å². The second-order valence-electron chi connectivity index (χ2n) is 3.55. The maximum atomic E-state index is 12.8. The van der Waals surface area contributed by atoms with Gasteiger partial charge in [0.15, 0.2) is 0 Å². The summed E-state index contributed by atoms with van der Waals surface area (Å²) in [6.07, 6.45) is -4.62. The predicted octanol–water partition coefficient (Wildman–Crippen LogP) is 2.58. The zero-order valence-electron chi connectivity index (χ0n) is 10.0.